The van der Waals surface area contributed by atoms with Crippen LogP contribution in [-0.2, 0) is 31.9 Å². The van der Waals surface area contributed by atoms with Gasteiger partial charge in [0.05, 0.1) is 24.5 Å². The molecule has 202 valence electrons. The van der Waals surface area contributed by atoms with E-state index in [1.165, 1.54) is 6.21 Å². The number of aromatic amines is 2. The van der Waals surface area contributed by atoms with E-state index in [4.69, 9.17) is 15.2 Å². The molecule has 0 fully saturated rings. The summed E-state index contributed by atoms with van der Waals surface area (Å²) in [4.78, 5) is 66.4. The predicted molar refractivity (Wildman–Crippen MR) is 141 cm³/mol. The van der Waals surface area contributed by atoms with Crippen LogP contribution in [0.25, 0.3) is 11.0 Å². The van der Waals surface area contributed by atoms with Crippen LogP contribution in [0.15, 0.2) is 34.3 Å². The maximum atomic E-state index is 12.5. The fourth-order valence-corrected chi connectivity index (χ4v) is 4.04. The predicted octanol–water partition coefficient (Wildman–Crippen LogP) is 2.38. The van der Waals surface area contributed by atoms with Crippen LogP contribution < -0.4 is 11.3 Å². The fourth-order valence-electron chi connectivity index (χ4n) is 4.04. The number of ether oxygens (including phenoxy) is 2. The van der Waals surface area contributed by atoms with Crippen LogP contribution in [0, 0.1) is 11.8 Å². The van der Waals surface area contributed by atoms with Crippen LogP contribution in [0.2, 0.25) is 0 Å². The third-order valence-electron chi connectivity index (χ3n) is 5.76. The first-order valence-corrected chi connectivity index (χ1v) is 12.4. The minimum Gasteiger partial charge on any atom is -0.466 e. The molecule has 0 radical (unpaired) electrons. The molecule has 3 heterocycles. The van der Waals surface area contributed by atoms with Crippen molar-refractivity contribution in [3.05, 3.63) is 51.7 Å². The molecule has 12 heteroatoms. The largest absolute Gasteiger partial charge is 0.466 e. The molecule has 0 aliphatic carbocycles. The molecule has 3 aromatic heterocycles. The lowest BCUT2D eigenvalue weighted by Gasteiger charge is -2.11. The maximum absolute atomic E-state index is 12.5. The standard InChI is InChI=1S/C26H32N6O6/c1-4-37-20(33)9-7-17(25(36)38-5-2)13-30-23(34)19-8-6-16(12-28-19)10-15(3)11-18-14-29-22-21(18)24(35)32-26(27)31-22/h6,8,12-15,17H,4-5,7,9-11H2,1-3H3,(H4,27,29,31,32,35)/b30-13-. The number of fused-ring (bicyclic) bond motifs is 1. The summed E-state index contributed by atoms with van der Waals surface area (Å²) in [5.74, 6) is -2.25. The highest BCUT2D eigenvalue weighted by molar-refractivity contribution is 6.01. The monoisotopic (exact) mass is 524 g/mol. The van der Waals surface area contributed by atoms with Gasteiger partial charge in [0.2, 0.25) is 5.95 Å². The first-order valence-electron chi connectivity index (χ1n) is 12.4. The van der Waals surface area contributed by atoms with E-state index >= 15 is 0 Å². The van der Waals surface area contributed by atoms with E-state index in [9.17, 15) is 19.2 Å². The van der Waals surface area contributed by atoms with Gasteiger partial charge >= 0.3 is 11.9 Å². The molecule has 0 saturated heterocycles. The van der Waals surface area contributed by atoms with Crippen molar-refractivity contribution < 1.29 is 23.9 Å². The van der Waals surface area contributed by atoms with Crippen molar-refractivity contribution in [3.8, 4) is 0 Å². The highest BCUT2D eigenvalue weighted by Gasteiger charge is 2.20. The molecule has 0 bridgehead atoms. The third-order valence-corrected chi connectivity index (χ3v) is 5.76. The maximum Gasteiger partial charge on any atom is 0.314 e. The van der Waals surface area contributed by atoms with Crippen LogP contribution in [0.1, 0.15) is 55.2 Å². The Morgan fingerprint density at radius 1 is 1.16 bits per heavy atom. The van der Waals surface area contributed by atoms with Crippen molar-refractivity contribution in [2.24, 2.45) is 16.8 Å². The zero-order valence-electron chi connectivity index (χ0n) is 21.7. The molecule has 3 aromatic rings. The van der Waals surface area contributed by atoms with Crippen molar-refractivity contribution in [2.45, 2.75) is 46.5 Å². The molecule has 0 saturated carbocycles. The number of carbonyl (C=O) groups is 3. The topological polar surface area (TPSA) is 182 Å². The number of hydrogen-bond donors (Lipinski definition) is 3. The number of amides is 1. The van der Waals surface area contributed by atoms with Gasteiger partial charge in [0, 0.05) is 25.0 Å². The number of nitrogen functional groups attached to an aromatic ring is 1. The van der Waals surface area contributed by atoms with Crippen molar-refractivity contribution in [3.63, 3.8) is 0 Å². The van der Waals surface area contributed by atoms with E-state index in [1.54, 1.807) is 38.4 Å². The van der Waals surface area contributed by atoms with Crippen molar-refractivity contribution in [1.29, 1.82) is 0 Å². The van der Waals surface area contributed by atoms with Gasteiger partial charge in [-0.15, -0.1) is 0 Å². The van der Waals surface area contributed by atoms with Gasteiger partial charge in [-0.3, -0.25) is 29.1 Å². The van der Waals surface area contributed by atoms with Crippen LogP contribution in [-0.4, -0.2) is 57.2 Å². The van der Waals surface area contributed by atoms with Gasteiger partial charge in [-0.2, -0.15) is 4.98 Å². The molecule has 3 rings (SSSR count). The number of nitrogens with zero attached hydrogens (tertiary/aromatic N) is 3. The van der Waals surface area contributed by atoms with E-state index in [1.807, 2.05) is 6.92 Å². The smallest absolute Gasteiger partial charge is 0.314 e. The van der Waals surface area contributed by atoms with Gasteiger partial charge in [0.25, 0.3) is 11.5 Å². The zero-order chi connectivity index (χ0) is 27.7. The second-order valence-corrected chi connectivity index (χ2v) is 8.84. The second kappa shape index (κ2) is 13.3. The summed E-state index contributed by atoms with van der Waals surface area (Å²) in [6.07, 6.45) is 5.97. The number of anilines is 1. The normalized spacial score (nSPS) is 12.9. The van der Waals surface area contributed by atoms with Crippen LogP contribution in [0.5, 0.6) is 0 Å². The van der Waals surface area contributed by atoms with E-state index < -0.39 is 23.8 Å². The van der Waals surface area contributed by atoms with Gasteiger partial charge < -0.3 is 20.2 Å². The van der Waals surface area contributed by atoms with Crippen molar-refractivity contribution >= 4 is 41.0 Å². The molecule has 0 spiro atoms. The van der Waals surface area contributed by atoms with Crippen LogP contribution in [0.4, 0.5) is 5.95 Å². The number of pyridine rings is 1. The fraction of sp³-hybridized carbons (Fsp3) is 0.423. The number of H-pyrrole nitrogens is 2. The number of hydrogen-bond acceptors (Lipinski definition) is 9. The lowest BCUT2D eigenvalue weighted by molar-refractivity contribution is -0.146. The Hall–Kier alpha value is -4.35. The number of aromatic nitrogens is 4. The van der Waals surface area contributed by atoms with Gasteiger partial charge in [0.15, 0.2) is 0 Å². The lowest BCUT2D eigenvalue weighted by atomic mass is 9.95. The Bertz CT molecular complexity index is 1360. The molecular formula is C26H32N6O6. The van der Waals surface area contributed by atoms with Crippen LogP contribution >= 0.6 is 0 Å². The molecule has 0 aliphatic rings. The molecule has 2 atom stereocenters. The van der Waals surface area contributed by atoms with E-state index in [0.717, 1.165) is 11.1 Å². The van der Waals surface area contributed by atoms with Gasteiger partial charge in [-0.05, 0) is 56.2 Å². The number of nitrogens with one attached hydrogen (secondary N) is 2. The molecule has 12 nitrogen and oxygen atoms in total. The first kappa shape index (κ1) is 28.2. The lowest BCUT2D eigenvalue weighted by Crippen LogP contribution is -2.21. The van der Waals surface area contributed by atoms with Gasteiger partial charge in [-0.25, -0.2) is 4.99 Å². The molecule has 2 unspecified atom stereocenters. The second-order valence-electron chi connectivity index (χ2n) is 8.84. The summed E-state index contributed by atoms with van der Waals surface area (Å²) in [6, 6.07) is 3.36. The SMILES string of the molecule is CCOC(=O)CCC(/C=N\C(=O)c1ccc(CC(C)Cc2c[nH]c3nc(N)[nH]c(=O)c23)cn1)C(=O)OCC. The molecule has 1 amide bonds. The minimum atomic E-state index is -0.855. The Labute approximate surface area is 219 Å². The summed E-state index contributed by atoms with van der Waals surface area (Å²) < 4.78 is 9.91. The summed E-state index contributed by atoms with van der Waals surface area (Å²) in [5.41, 5.74) is 7.64. The highest BCUT2D eigenvalue weighted by Crippen LogP contribution is 2.19. The summed E-state index contributed by atoms with van der Waals surface area (Å²) in [6.45, 7) is 5.82. The summed E-state index contributed by atoms with van der Waals surface area (Å²) in [7, 11) is 0. The van der Waals surface area contributed by atoms with Gasteiger partial charge in [-0.1, -0.05) is 13.0 Å². The van der Waals surface area contributed by atoms with E-state index in [-0.39, 0.29) is 49.2 Å². The van der Waals surface area contributed by atoms with Crippen molar-refractivity contribution in [2.75, 3.05) is 18.9 Å². The highest BCUT2D eigenvalue weighted by atomic mass is 16.5. The van der Waals surface area contributed by atoms with Gasteiger partial charge in [0.1, 0.15) is 11.3 Å². The Kier molecular flexibility index (Phi) is 9.85. The van der Waals surface area contributed by atoms with Crippen LogP contribution in [0.3, 0.4) is 0 Å². The third kappa shape index (κ3) is 7.58. The number of rotatable bonds is 12. The molecule has 0 aromatic carbocycles. The molecule has 0 aliphatic heterocycles. The number of esters is 2. The zero-order valence-corrected chi connectivity index (χ0v) is 21.7. The number of aliphatic imine (C=N–C) groups is 1. The Morgan fingerprint density at radius 3 is 2.61 bits per heavy atom. The first-order chi connectivity index (χ1) is 18.2. The summed E-state index contributed by atoms with van der Waals surface area (Å²) in [5, 5.41) is 0.492. The quantitative estimate of drug-likeness (QED) is 0.236. The average molecular weight is 525 g/mol. The Balaban J connectivity index is 1.61. The molecule has 38 heavy (non-hydrogen) atoms. The molecule has 4 N–H and O–H groups in total. The average Bonchev–Trinajstić information content (AvgIpc) is 3.26. The number of nitrogens with two attached hydrogens (primary N) is 1. The van der Waals surface area contributed by atoms with Crippen molar-refractivity contribution in [1.82, 2.24) is 19.9 Å². The molecular weight excluding hydrogens is 492 g/mol. The Morgan fingerprint density at radius 2 is 1.92 bits per heavy atom. The minimum absolute atomic E-state index is 0.000165. The summed E-state index contributed by atoms with van der Waals surface area (Å²) >= 11 is 0. The van der Waals surface area contributed by atoms with E-state index in [0.29, 0.717) is 23.9 Å². The number of carbonyl (C=O) groups excluding carboxylic acids is 3. The van der Waals surface area contributed by atoms with E-state index in [2.05, 4.69) is 24.9 Å².